The van der Waals surface area contributed by atoms with Gasteiger partial charge < -0.3 is 19.5 Å². The lowest BCUT2D eigenvalue weighted by Crippen LogP contribution is -2.46. The van der Waals surface area contributed by atoms with Gasteiger partial charge in [-0.2, -0.15) is 0 Å². The second-order valence-electron chi connectivity index (χ2n) is 10.3. The first-order chi connectivity index (χ1) is 19.8. The van der Waals surface area contributed by atoms with Gasteiger partial charge in [0.05, 0.1) is 16.2 Å². The van der Waals surface area contributed by atoms with E-state index in [0.29, 0.717) is 10.6 Å². The number of nitro groups is 1. The molecular weight excluding hydrogens is 540 g/mol. The van der Waals surface area contributed by atoms with Gasteiger partial charge in [0.15, 0.2) is 0 Å². The summed E-state index contributed by atoms with van der Waals surface area (Å²) in [6, 6.07) is 22.4. The third-order valence-corrected chi connectivity index (χ3v) is 8.05. The number of aromatic nitrogens is 1. The summed E-state index contributed by atoms with van der Waals surface area (Å²) in [5.74, 6) is -0.940. The van der Waals surface area contributed by atoms with Crippen LogP contribution >= 0.6 is 11.6 Å². The lowest BCUT2D eigenvalue weighted by Gasteiger charge is -2.37. The zero-order valence-electron chi connectivity index (χ0n) is 23.2. The number of carboxylic acids is 1. The van der Waals surface area contributed by atoms with Crippen LogP contribution in [0.15, 0.2) is 72.8 Å². The Kier molecular flexibility index (Phi) is 8.31. The maximum atomic E-state index is 12.7. The van der Waals surface area contributed by atoms with Gasteiger partial charge in [0, 0.05) is 72.5 Å². The molecule has 5 rings (SSSR count). The van der Waals surface area contributed by atoms with E-state index >= 15 is 0 Å². The number of hydrogen-bond acceptors (Lipinski definition) is 5. The summed E-state index contributed by atoms with van der Waals surface area (Å²) in [7, 11) is 0. The summed E-state index contributed by atoms with van der Waals surface area (Å²) in [5, 5.41) is 22.0. The predicted octanol–water partition coefficient (Wildman–Crippen LogP) is 7.52. The van der Waals surface area contributed by atoms with Gasteiger partial charge in [0.1, 0.15) is 0 Å². The quantitative estimate of drug-likeness (QED) is 0.165. The lowest BCUT2D eigenvalue weighted by atomic mass is 9.96. The number of carbonyl (C=O) groups is 1. The van der Waals surface area contributed by atoms with Crippen molar-refractivity contribution in [3.63, 3.8) is 0 Å². The number of rotatable bonds is 9. The molecule has 0 radical (unpaired) electrons. The minimum atomic E-state index is -0.940. The zero-order valence-corrected chi connectivity index (χ0v) is 24.0. The number of hydrogen-bond donors (Lipinski definition) is 1. The maximum absolute atomic E-state index is 12.7. The summed E-state index contributed by atoms with van der Waals surface area (Å²) < 4.78 is 2.14. The monoisotopic (exact) mass is 572 g/mol. The summed E-state index contributed by atoms with van der Waals surface area (Å²) >= 11 is 6.20. The maximum Gasteiger partial charge on any atom is 0.338 e. The van der Waals surface area contributed by atoms with Gasteiger partial charge in [-0.25, -0.2) is 4.79 Å². The number of aromatic carboxylic acids is 1. The number of unbranched alkanes of at least 4 members (excludes halogenated alkanes) is 1. The number of anilines is 2. The molecule has 0 amide bonds. The molecule has 1 aliphatic heterocycles. The van der Waals surface area contributed by atoms with Gasteiger partial charge in [-0.1, -0.05) is 49.2 Å². The molecule has 1 saturated heterocycles. The summed E-state index contributed by atoms with van der Waals surface area (Å²) in [5.41, 5.74) is 6.56. The van der Waals surface area contributed by atoms with Gasteiger partial charge in [-0.15, -0.1) is 0 Å². The molecule has 41 heavy (non-hydrogen) atoms. The van der Waals surface area contributed by atoms with Crippen molar-refractivity contribution in [2.75, 3.05) is 36.0 Å². The Balaban J connectivity index is 1.49. The standard InChI is InChI=1S/C32H33ClN4O4/c1-3-4-16-36-22(2)29(32(38)39)30(31(36)23-8-10-25(33)11-9-23)24-6-5-7-28(21-24)35-19-17-34(18-20-35)26-12-14-27(15-13-26)37(40)41/h5-15,21H,3-4,16-20H2,1-2H3,(H,38,39). The third-order valence-electron chi connectivity index (χ3n) is 7.80. The Bertz CT molecular complexity index is 1560. The average molecular weight is 573 g/mol. The summed E-state index contributed by atoms with van der Waals surface area (Å²) in [4.78, 5) is 27.8. The van der Waals surface area contributed by atoms with Crippen molar-refractivity contribution in [3.8, 4) is 22.4 Å². The van der Waals surface area contributed by atoms with Crippen LogP contribution in [0.5, 0.6) is 0 Å². The fourth-order valence-electron chi connectivity index (χ4n) is 5.65. The highest BCUT2D eigenvalue weighted by Crippen LogP contribution is 2.41. The topological polar surface area (TPSA) is 91.9 Å². The molecule has 1 aromatic heterocycles. The first-order valence-electron chi connectivity index (χ1n) is 13.9. The van der Waals surface area contributed by atoms with Gasteiger partial charge in [0.25, 0.3) is 5.69 Å². The number of nitro benzene ring substituents is 1. The number of halogens is 1. The van der Waals surface area contributed by atoms with E-state index in [2.05, 4.69) is 33.4 Å². The Morgan fingerprint density at radius 2 is 1.56 bits per heavy atom. The van der Waals surface area contributed by atoms with Crippen molar-refractivity contribution in [2.45, 2.75) is 33.2 Å². The number of carboxylic acid groups (broad SMARTS) is 1. The number of non-ortho nitro benzene ring substituents is 1. The van der Waals surface area contributed by atoms with E-state index in [9.17, 15) is 20.0 Å². The second-order valence-corrected chi connectivity index (χ2v) is 10.7. The van der Waals surface area contributed by atoms with Crippen LogP contribution < -0.4 is 9.80 Å². The molecule has 0 saturated carbocycles. The zero-order chi connectivity index (χ0) is 29.1. The summed E-state index contributed by atoms with van der Waals surface area (Å²) in [6.07, 6.45) is 1.93. The van der Waals surface area contributed by atoms with E-state index in [1.165, 1.54) is 12.1 Å². The number of nitrogens with zero attached hydrogens (tertiary/aromatic N) is 4. The Labute approximate surface area is 244 Å². The fourth-order valence-corrected chi connectivity index (χ4v) is 5.78. The van der Waals surface area contributed by atoms with Gasteiger partial charge in [0.2, 0.25) is 0 Å². The van der Waals surface area contributed by atoms with Crippen molar-refractivity contribution >= 4 is 34.6 Å². The van der Waals surface area contributed by atoms with E-state index in [1.807, 2.05) is 43.3 Å². The molecule has 1 aliphatic rings. The fraction of sp³-hybridized carbons (Fsp3) is 0.281. The molecule has 8 nitrogen and oxygen atoms in total. The van der Waals surface area contributed by atoms with Crippen molar-refractivity contribution in [1.29, 1.82) is 0 Å². The van der Waals surface area contributed by atoms with E-state index in [4.69, 9.17) is 11.6 Å². The molecule has 4 aromatic rings. The largest absolute Gasteiger partial charge is 0.478 e. The minimum absolute atomic E-state index is 0.0849. The highest BCUT2D eigenvalue weighted by Gasteiger charge is 2.27. The molecule has 0 aliphatic carbocycles. The predicted molar refractivity (Wildman–Crippen MR) is 164 cm³/mol. The molecular formula is C32H33ClN4O4. The molecule has 0 unspecified atom stereocenters. The molecule has 1 fully saturated rings. The highest BCUT2D eigenvalue weighted by molar-refractivity contribution is 6.30. The van der Waals surface area contributed by atoms with Crippen molar-refractivity contribution in [1.82, 2.24) is 4.57 Å². The molecule has 1 N–H and O–H groups in total. The van der Waals surface area contributed by atoms with Crippen molar-refractivity contribution in [2.24, 2.45) is 0 Å². The molecule has 9 heteroatoms. The average Bonchev–Trinajstić information content (AvgIpc) is 3.28. The summed E-state index contributed by atoms with van der Waals surface area (Å²) in [6.45, 7) is 7.83. The van der Waals surface area contributed by atoms with Crippen LogP contribution in [0.1, 0.15) is 35.8 Å². The van der Waals surface area contributed by atoms with E-state index in [0.717, 1.165) is 85.0 Å². The number of piperazine rings is 1. The van der Waals surface area contributed by atoms with Gasteiger partial charge in [-0.05, 0) is 60.9 Å². The molecule has 2 heterocycles. The second kappa shape index (κ2) is 12.1. The smallest absolute Gasteiger partial charge is 0.338 e. The first-order valence-corrected chi connectivity index (χ1v) is 14.2. The van der Waals surface area contributed by atoms with E-state index in [-0.39, 0.29) is 10.6 Å². The highest BCUT2D eigenvalue weighted by atomic mass is 35.5. The van der Waals surface area contributed by atoms with Crippen LogP contribution in [0.25, 0.3) is 22.4 Å². The first kappa shape index (κ1) is 28.2. The van der Waals surface area contributed by atoms with Gasteiger partial charge in [-0.3, -0.25) is 10.1 Å². The van der Waals surface area contributed by atoms with Crippen LogP contribution in [-0.2, 0) is 6.54 Å². The van der Waals surface area contributed by atoms with Gasteiger partial charge >= 0.3 is 5.97 Å². The van der Waals surface area contributed by atoms with Crippen LogP contribution in [0.3, 0.4) is 0 Å². The molecule has 0 atom stereocenters. The number of benzene rings is 3. The molecule has 3 aromatic carbocycles. The van der Waals surface area contributed by atoms with Crippen LogP contribution in [0.2, 0.25) is 5.02 Å². The van der Waals surface area contributed by atoms with Crippen LogP contribution in [-0.4, -0.2) is 46.7 Å². The normalized spacial score (nSPS) is 13.4. The van der Waals surface area contributed by atoms with Crippen molar-refractivity contribution < 1.29 is 14.8 Å². The Morgan fingerprint density at radius 1 is 0.927 bits per heavy atom. The SMILES string of the molecule is CCCCn1c(C)c(C(=O)O)c(-c2cccc(N3CCN(c4ccc([N+](=O)[O-])cc4)CC3)c2)c1-c1ccc(Cl)cc1. The molecule has 0 bridgehead atoms. The lowest BCUT2D eigenvalue weighted by molar-refractivity contribution is -0.384. The van der Waals surface area contributed by atoms with Crippen LogP contribution in [0, 0.1) is 17.0 Å². The third kappa shape index (κ3) is 5.79. The molecule has 0 spiro atoms. The minimum Gasteiger partial charge on any atom is -0.478 e. The van der Waals surface area contributed by atoms with Crippen molar-refractivity contribution in [3.05, 3.63) is 99.2 Å². The Morgan fingerprint density at radius 3 is 2.15 bits per heavy atom. The van der Waals surface area contributed by atoms with E-state index < -0.39 is 5.97 Å². The molecule has 212 valence electrons. The van der Waals surface area contributed by atoms with E-state index in [1.54, 1.807) is 12.1 Å². The van der Waals surface area contributed by atoms with Crippen LogP contribution in [0.4, 0.5) is 17.1 Å². The Hall–Kier alpha value is -4.30.